The molecule has 0 spiro atoms. The van der Waals surface area contributed by atoms with Gasteiger partial charge in [-0.25, -0.2) is 9.59 Å². The minimum Gasteiger partial charge on any atom is -0.508 e. The zero-order valence-corrected chi connectivity index (χ0v) is 19.8. The van der Waals surface area contributed by atoms with Gasteiger partial charge in [0.2, 0.25) is 6.29 Å². The molecular formula is C25H28O13. The Morgan fingerprint density at radius 1 is 1.05 bits per heavy atom. The second-order valence-corrected chi connectivity index (χ2v) is 9.15. The van der Waals surface area contributed by atoms with Crippen LogP contribution in [0.4, 0.5) is 0 Å². The molecule has 38 heavy (non-hydrogen) atoms. The average Bonchev–Trinajstić information content (AvgIpc) is 3.25. The van der Waals surface area contributed by atoms with Crippen molar-refractivity contribution in [1.29, 1.82) is 0 Å². The van der Waals surface area contributed by atoms with Crippen LogP contribution < -0.4 is 0 Å². The summed E-state index contributed by atoms with van der Waals surface area (Å²) in [7, 11) is 0. The lowest BCUT2D eigenvalue weighted by molar-refractivity contribution is -0.346. The van der Waals surface area contributed by atoms with Crippen LogP contribution in [0.3, 0.4) is 0 Å². The molecule has 206 valence electrons. The van der Waals surface area contributed by atoms with Crippen molar-refractivity contribution in [3.63, 3.8) is 0 Å². The number of phenols is 1. The SMILES string of the molecule is O=C(C=Cc1ccc(O)cc1)OC[C@@]1(O)C=C[C@H]2C(C(=O)O)=CO[C@@H](O[C@@H]3O[C@H](CO)[C@@H](O)[C@H](O)[C@H]3O)[C@@H]21. The molecule has 1 saturated heterocycles. The first-order chi connectivity index (χ1) is 18.0. The lowest BCUT2D eigenvalue weighted by atomic mass is 9.79. The third-order valence-electron chi connectivity index (χ3n) is 6.65. The van der Waals surface area contributed by atoms with Crippen LogP contribution in [0, 0.1) is 11.8 Å². The number of esters is 1. The highest BCUT2D eigenvalue weighted by Crippen LogP contribution is 2.45. The maximum Gasteiger partial charge on any atom is 0.335 e. The van der Waals surface area contributed by atoms with Crippen molar-refractivity contribution < 1.29 is 64.3 Å². The first kappa shape index (κ1) is 27.7. The third-order valence-corrected chi connectivity index (χ3v) is 6.65. The molecule has 1 fully saturated rings. The van der Waals surface area contributed by atoms with Crippen molar-refractivity contribution in [2.75, 3.05) is 13.2 Å². The fourth-order valence-electron chi connectivity index (χ4n) is 4.57. The minimum atomic E-state index is -1.97. The summed E-state index contributed by atoms with van der Waals surface area (Å²) in [6.07, 6.45) is -3.40. The van der Waals surface area contributed by atoms with E-state index in [1.54, 1.807) is 12.1 Å². The fourth-order valence-corrected chi connectivity index (χ4v) is 4.57. The van der Waals surface area contributed by atoms with Crippen molar-refractivity contribution in [2.45, 2.75) is 42.6 Å². The molecular weight excluding hydrogens is 508 g/mol. The van der Waals surface area contributed by atoms with Crippen molar-refractivity contribution in [2.24, 2.45) is 11.8 Å². The van der Waals surface area contributed by atoms with E-state index in [0.717, 1.165) is 12.3 Å². The van der Waals surface area contributed by atoms with E-state index in [0.29, 0.717) is 5.56 Å². The number of hydrogen-bond donors (Lipinski definition) is 7. The number of fused-ring (bicyclic) bond motifs is 1. The fraction of sp³-hybridized carbons (Fsp3) is 0.440. The van der Waals surface area contributed by atoms with Gasteiger partial charge in [0.1, 0.15) is 42.4 Å². The van der Waals surface area contributed by atoms with Gasteiger partial charge in [-0.2, -0.15) is 0 Å². The molecule has 9 atom stereocenters. The first-order valence-electron chi connectivity index (χ1n) is 11.6. The summed E-state index contributed by atoms with van der Waals surface area (Å²) in [6, 6.07) is 6.00. The number of ether oxygens (including phenoxy) is 4. The zero-order valence-electron chi connectivity index (χ0n) is 19.8. The Bertz CT molecular complexity index is 1110. The maximum absolute atomic E-state index is 12.3. The summed E-state index contributed by atoms with van der Waals surface area (Å²) in [4.78, 5) is 24.1. The zero-order chi connectivity index (χ0) is 27.6. The smallest absolute Gasteiger partial charge is 0.335 e. The summed E-state index contributed by atoms with van der Waals surface area (Å²) >= 11 is 0. The number of allylic oxidation sites excluding steroid dienone is 1. The van der Waals surface area contributed by atoms with Crippen LogP contribution >= 0.6 is 0 Å². The van der Waals surface area contributed by atoms with Crippen molar-refractivity contribution >= 4 is 18.0 Å². The number of aliphatic hydroxyl groups excluding tert-OH is 4. The van der Waals surface area contributed by atoms with Crippen LogP contribution in [0.2, 0.25) is 0 Å². The normalized spacial score (nSPS) is 36.4. The second kappa shape index (κ2) is 11.2. The molecule has 1 aliphatic carbocycles. The van der Waals surface area contributed by atoms with E-state index in [1.807, 2.05) is 0 Å². The lowest BCUT2D eigenvalue weighted by Gasteiger charge is -2.44. The van der Waals surface area contributed by atoms with E-state index in [-0.39, 0.29) is 11.3 Å². The molecule has 3 aliphatic rings. The van der Waals surface area contributed by atoms with Gasteiger partial charge in [-0.1, -0.05) is 24.3 Å². The van der Waals surface area contributed by atoms with E-state index in [1.165, 1.54) is 30.4 Å². The van der Waals surface area contributed by atoms with Crippen LogP contribution in [0.5, 0.6) is 5.75 Å². The van der Waals surface area contributed by atoms with Crippen LogP contribution in [0.15, 0.2) is 54.3 Å². The number of carbonyl (C=O) groups excluding carboxylic acids is 1. The first-order valence-corrected chi connectivity index (χ1v) is 11.6. The Labute approximate surface area is 216 Å². The number of phenolic OH excluding ortho intramolecular Hbond substituents is 1. The Hall–Kier alpha value is -3.30. The molecule has 13 heteroatoms. The van der Waals surface area contributed by atoms with Crippen molar-refractivity contribution in [3.05, 3.63) is 59.9 Å². The molecule has 0 aromatic heterocycles. The van der Waals surface area contributed by atoms with E-state index in [9.17, 15) is 45.3 Å². The van der Waals surface area contributed by atoms with Gasteiger partial charge in [0.25, 0.3) is 0 Å². The second-order valence-electron chi connectivity index (χ2n) is 9.15. The number of aliphatic hydroxyl groups is 5. The molecule has 0 bridgehead atoms. The standard InChI is InChI=1S/C25H28O13/c26-9-16-19(29)20(30)21(31)24(37-16)38-23-18-14(15(10-35-23)22(32)33)7-8-25(18,34)11-36-17(28)6-3-12-1-4-13(27)5-2-12/h1-8,10,14,16,18-21,23-24,26-27,29-31,34H,9,11H2,(H,32,33)/t14-,16+,18+,19+,20-,21+,23-,24-,25-/m0/s1. The molecule has 7 N–H and O–H groups in total. The highest BCUT2D eigenvalue weighted by molar-refractivity contribution is 5.88. The van der Waals surface area contributed by atoms with Crippen molar-refractivity contribution in [1.82, 2.24) is 0 Å². The predicted molar refractivity (Wildman–Crippen MR) is 125 cm³/mol. The minimum absolute atomic E-state index is 0.0551. The molecule has 0 radical (unpaired) electrons. The van der Waals surface area contributed by atoms with E-state index < -0.39 is 79.6 Å². The van der Waals surface area contributed by atoms with E-state index in [4.69, 9.17) is 18.9 Å². The van der Waals surface area contributed by atoms with Gasteiger partial charge in [0.05, 0.1) is 24.4 Å². The molecule has 1 aromatic carbocycles. The molecule has 13 nitrogen and oxygen atoms in total. The van der Waals surface area contributed by atoms with Gasteiger partial charge < -0.3 is 54.7 Å². The topological polar surface area (TPSA) is 213 Å². The van der Waals surface area contributed by atoms with Gasteiger partial charge in [-0.05, 0) is 23.8 Å². The highest BCUT2D eigenvalue weighted by Gasteiger charge is 2.56. The Balaban J connectivity index is 1.50. The molecule has 1 aromatic rings. The van der Waals surface area contributed by atoms with E-state index >= 15 is 0 Å². The number of carbonyl (C=O) groups is 2. The summed E-state index contributed by atoms with van der Waals surface area (Å²) < 4.78 is 21.6. The van der Waals surface area contributed by atoms with Gasteiger partial charge in [0.15, 0.2) is 6.29 Å². The number of carboxylic acids is 1. The van der Waals surface area contributed by atoms with Crippen LogP contribution in [0.1, 0.15) is 5.56 Å². The predicted octanol–water partition coefficient (Wildman–Crippen LogP) is -1.38. The monoisotopic (exact) mass is 536 g/mol. The summed E-state index contributed by atoms with van der Waals surface area (Å²) in [5, 5.41) is 70.1. The number of carboxylic acid groups (broad SMARTS) is 1. The van der Waals surface area contributed by atoms with Crippen LogP contribution in [-0.2, 0) is 28.5 Å². The molecule has 0 amide bonds. The van der Waals surface area contributed by atoms with E-state index in [2.05, 4.69) is 0 Å². The maximum atomic E-state index is 12.3. The number of aliphatic carboxylic acids is 1. The Morgan fingerprint density at radius 2 is 1.76 bits per heavy atom. The lowest BCUT2D eigenvalue weighted by Crippen LogP contribution is -2.61. The highest BCUT2D eigenvalue weighted by atomic mass is 16.8. The quantitative estimate of drug-likeness (QED) is 0.116. The summed E-state index contributed by atoms with van der Waals surface area (Å²) in [6.45, 7) is -1.32. The summed E-state index contributed by atoms with van der Waals surface area (Å²) in [5.74, 6) is -4.23. The van der Waals surface area contributed by atoms with Crippen LogP contribution in [0.25, 0.3) is 6.08 Å². The molecule has 0 saturated carbocycles. The third kappa shape index (κ3) is 5.59. The van der Waals surface area contributed by atoms with Gasteiger partial charge in [0, 0.05) is 12.0 Å². The molecule has 4 rings (SSSR count). The number of benzene rings is 1. The number of aromatic hydroxyl groups is 1. The number of hydrogen-bond acceptors (Lipinski definition) is 12. The van der Waals surface area contributed by atoms with Gasteiger partial charge in [-0.15, -0.1) is 0 Å². The summed E-state index contributed by atoms with van der Waals surface area (Å²) in [5.41, 5.74) is -1.58. The molecule has 2 heterocycles. The van der Waals surface area contributed by atoms with Crippen molar-refractivity contribution in [3.8, 4) is 5.75 Å². The average molecular weight is 536 g/mol. The Kier molecular flexibility index (Phi) is 8.18. The number of rotatable bonds is 8. The Morgan fingerprint density at radius 3 is 2.42 bits per heavy atom. The van der Waals surface area contributed by atoms with Gasteiger partial charge in [-0.3, -0.25) is 0 Å². The van der Waals surface area contributed by atoms with Gasteiger partial charge >= 0.3 is 11.9 Å². The van der Waals surface area contributed by atoms with Crippen LogP contribution in [-0.4, -0.2) is 103 Å². The molecule has 2 aliphatic heterocycles. The molecule has 0 unspecified atom stereocenters. The largest absolute Gasteiger partial charge is 0.508 e.